The monoisotopic (exact) mass is 292 g/mol. The maximum Gasteiger partial charge on any atom is 0.119 e. The molecule has 0 aliphatic heterocycles. The summed E-state index contributed by atoms with van der Waals surface area (Å²) in [7, 11) is 0. The molecule has 0 aromatic heterocycles. The summed E-state index contributed by atoms with van der Waals surface area (Å²) in [4.78, 5) is 0. The van der Waals surface area contributed by atoms with Crippen molar-refractivity contribution in [1.29, 1.82) is 0 Å². The molecule has 0 heterocycles. The maximum absolute atomic E-state index is 5.41. The first-order chi connectivity index (χ1) is 5.43. The van der Waals surface area contributed by atoms with Gasteiger partial charge in [-0.1, -0.05) is 31.5 Å². The van der Waals surface area contributed by atoms with Crippen LogP contribution in [0, 0.1) is 6.92 Å². The van der Waals surface area contributed by atoms with E-state index in [1.165, 1.54) is 0 Å². The Morgan fingerprint density at radius 2 is 1.77 bits per heavy atom. The molecule has 1 aromatic rings. The van der Waals surface area contributed by atoms with Crippen LogP contribution in [0.2, 0.25) is 0 Å². The molecular weight excluding hydrogens is 281 g/mol. The van der Waals surface area contributed by atoms with Gasteiger partial charge in [0.25, 0.3) is 0 Å². The van der Waals surface area contributed by atoms with E-state index in [0.29, 0.717) is 0 Å². The maximum atomic E-state index is 5.41. The van der Waals surface area contributed by atoms with Crippen molar-refractivity contribution in [3.05, 3.63) is 37.3 Å². The number of rotatable bonds is 4. The predicted octanol–water partition coefficient (Wildman–Crippen LogP) is -0.319. The number of benzene rings is 1. The molecule has 1 nitrogen and oxygen atoms in total. The predicted molar refractivity (Wildman–Crippen MR) is 46.5 cm³/mol. The zero-order valence-corrected chi connectivity index (χ0v) is 12.3. The number of unbranched alkanes of at least 4 members (excludes halogenated alkanes) is 1. The van der Waals surface area contributed by atoms with Gasteiger partial charge in [-0.3, -0.25) is 0 Å². The van der Waals surface area contributed by atoms with Crippen molar-refractivity contribution in [2.45, 2.75) is 12.8 Å². The van der Waals surface area contributed by atoms with Gasteiger partial charge in [0, 0.05) is 19.5 Å². The number of hydrogen-bond acceptors (Lipinski definition) is 1. The van der Waals surface area contributed by atoms with Crippen LogP contribution in [0.15, 0.2) is 30.3 Å². The van der Waals surface area contributed by atoms with Crippen molar-refractivity contribution >= 4 is 0 Å². The summed E-state index contributed by atoms with van der Waals surface area (Å²) in [5, 5.41) is 0. The molecule has 0 atom stereocenters. The second-order valence-corrected chi connectivity index (χ2v) is 2.37. The third-order valence-electron chi connectivity index (χ3n) is 1.41. The van der Waals surface area contributed by atoms with Crippen LogP contribution >= 0.6 is 0 Å². The van der Waals surface area contributed by atoms with Gasteiger partial charge in [-0.05, 0) is 18.6 Å². The standard InChI is InChI=1S/C10H13O.BrH.Zn/c1-2-3-9-11-10-7-5-4-6-8-10;;/h4-8H,1-3,9H2;1H;/p-1. The molecule has 69 valence electrons. The fourth-order valence-electron chi connectivity index (χ4n) is 0.809. The summed E-state index contributed by atoms with van der Waals surface area (Å²) >= 11 is 0. The van der Waals surface area contributed by atoms with Crippen LogP contribution in [-0.2, 0) is 19.5 Å². The minimum atomic E-state index is 0. The molecule has 0 saturated carbocycles. The van der Waals surface area contributed by atoms with Gasteiger partial charge in [0.15, 0.2) is 0 Å². The van der Waals surface area contributed by atoms with Crippen LogP contribution in [0.3, 0.4) is 0 Å². The molecule has 1 rings (SSSR count). The van der Waals surface area contributed by atoms with Crippen LogP contribution in [0.4, 0.5) is 0 Å². The van der Waals surface area contributed by atoms with Crippen LogP contribution in [0.1, 0.15) is 12.8 Å². The molecule has 0 unspecified atom stereocenters. The van der Waals surface area contributed by atoms with Gasteiger partial charge in [0.05, 0.1) is 6.61 Å². The van der Waals surface area contributed by atoms with Crippen molar-refractivity contribution < 1.29 is 41.2 Å². The summed E-state index contributed by atoms with van der Waals surface area (Å²) in [5.74, 6) is 0.945. The SMILES string of the molecule is [Br-].[CH2]CCCOc1ccccc1.[Zn]. The van der Waals surface area contributed by atoms with E-state index in [1.54, 1.807) is 0 Å². The number of para-hydroxylation sites is 1. The Labute approximate surface area is 103 Å². The molecule has 0 saturated heterocycles. The van der Waals surface area contributed by atoms with E-state index >= 15 is 0 Å². The third-order valence-corrected chi connectivity index (χ3v) is 1.41. The molecule has 1 radical (unpaired) electrons. The summed E-state index contributed by atoms with van der Waals surface area (Å²) in [6, 6.07) is 9.85. The molecule has 0 N–H and O–H groups in total. The first-order valence-electron chi connectivity index (χ1n) is 3.90. The van der Waals surface area contributed by atoms with Crippen LogP contribution in [0.25, 0.3) is 0 Å². The molecule has 0 spiro atoms. The van der Waals surface area contributed by atoms with E-state index in [9.17, 15) is 0 Å². The van der Waals surface area contributed by atoms with E-state index in [4.69, 9.17) is 4.74 Å². The zero-order chi connectivity index (χ0) is 7.94. The van der Waals surface area contributed by atoms with Gasteiger partial charge >= 0.3 is 0 Å². The summed E-state index contributed by atoms with van der Waals surface area (Å²) in [6.45, 7) is 4.51. The van der Waals surface area contributed by atoms with Gasteiger partial charge in [-0.25, -0.2) is 0 Å². The molecule has 3 heteroatoms. The quantitative estimate of drug-likeness (QED) is 0.546. The molecule has 0 fully saturated rings. The Morgan fingerprint density at radius 3 is 2.31 bits per heavy atom. The first-order valence-corrected chi connectivity index (χ1v) is 3.90. The largest absolute Gasteiger partial charge is 1.00 e. The molecular formula is C10H13BrOZn-. The van der Waals surface area contributed by atoms with Crippen LogP contribution < -0.4 is 21.7 Å². The zero-order valence-electron chi connectivity index (χ0n) is 7.71. The van der Waals surface area contributed by atoms with Crippen molar-refractivity contribution in [3.8, 4) is 5.75 Å². The second-order valence-electron chi connectivity index (χ2n) is 2.37. The Hall–Kier alpha value is 0.123. The molecule has 1 aromatic carbocycles. The summed E-state index contributed by atoms with van der Waals surface area (Å²) < 4.78 is 5.41. The van der Waals surface area contributed by atoms with Crippen molar-refractivity contribution in [1.82, 2.24) is 0 Å². The van der Waals surface area contributed by atoms with Crippen LogP contribution in [-0.4, -0.2) is 6.61 Å². The van der Waals surface area contributed by atoms with Crippen molar-refractivity contribution in [2.24, 2.45) is 0 Å². The van der Waals surface area contributed by atoms with Gasteiger partial charge in [-0.15, -0.1) is 0 Å². The Kier molecular flexibility index (Phi) is 12.2. The van der Waals surface area contributed by atoms with E-state index in [0.717, 1.165) is 25.2 Å². The minimum Gasteiger partial charge on any atom is -1.00 e. The second kappa shape index (κ2) is 10.2. The normalized spacial score (nSPS) is 8.08. The molecule has 0 aliphatic carbocycles. The average molecular weight is 295 g/mol. The summed E-state index contributed by atoms with van der Waals surface area (Å²) in [5.41, 5.74) is 0. The fourth-order valence-corrected chi connectivity index (χ4v) is 0.809. The smallest absolute Gasteiger partial charge is 0.119 e. The topological polar surface area (TPSA) is 9.23 Å². The Morgan fingerprint density at radius 1 is 1.15 bits per heavy atom. The van der Waals surface area contributed by atoms with Crippen LogP contribution in [0.5, 0.6) is 5.75 Å². The van der Waals surface area contributed by atoms with Gasteiger partial charge in [-0.2, -0.15) is 0 Å². The van der Waals surface area contributed by atoms with E-state index in [2.05, 4.69) is 6.92 Å². The van der Waals surface area contributed by atoms with Crippen molar-refractivity contribution in [3.63, 3.8) is 0 Å². The van der Waals surface area contributed by atoms with E-state index < -0.39 is 0 Å². The third kappa shape index (κ3) is 7.21. The summed E-state index contributed by atoms with van der Waals surface area (Å²) in [6.07, 6.45) is 1.96. The number of halogens is 1. The molecule has 0 amide bonds. The fraction of sp³-hybridized carbons (Fsp3) is 0.300. The molecule has 13 heavy (non-hydrogen) atoms. The van der Waals surface area contributed by atoms with Gasteiger partial charge < -0.3 is 21.7 Å². The Bertz CT molecular complexity index is 191. The molecule has 0 bridgehead atoms. The number of ether oxygens (including phenoxy) is 1. The first kappa shape index (κ1) is 15.6. The van der Waals surface area contributed by atoms with Gasteiger partial charge in [0.2, 0.25) is 0 Å². The van der Waals surface area contributed by atoms with E-state index in [1.807, 2.05) is 30.3 Å². The molecule has 0 aliphatic rings. The van der Waals surface area contributed by atoms with Gasteiger partial charge in [0.1, 0.15) is 5.75 Å². The minimum absolute atomic E-state index is 0. The van der Waals surface area contributed by atoms with Crippen molar-refractivity contribution in [2.75, 3.05) is 6.61 Å². The van der Waals surface area contributed by atoms with E-state index in [-0.39, 0.29) is 36.5 Å². The Balaban J connectivity index is 0. The average Bonchev–Trinajstić information content (AvgIpc) is 2.07. The number of hydrogen-bond donors (Lipinski definition) is 0.